The molecule has 1 N–H and O–H groups in total. The minimum absolute atomic E-state index is 0.443. The number of aliphatic hydroxyl groups is 1. The summed E-state index contributed by atoms with van der Waals surface area (Å²) < 4.78 is 5.76. The van der Waals surface area contributed by atoms with Gasteiger partial charge in [-0.15, -0.1) is 11.3 Å². The molecule has 1 heterocycles. The molecule has 0 bridgehead atoms. The molecule has 0 aliphatic carbocycles. The molecule has 96 valence electrons. The Morgan fingerprint density at radius 2 is 2.17 bits per heavy atom. The number of thiazole rings is 1. The van der Waals surface area contributed by atoms with E-state index < -0.39 is 6.10 Å². The Morgan fingerprint density at radius 1 is 1.39 bits per heavy atom. The second kappa shape index (κ2) is 5.50. The van der Waals surface area contributed by atoms with E-state index in [1.807, 2.05) is 38.2 Å². The van der Waals surface area contributed by atoms with Crippen molar-refractivity contribution >= 4 is 11.3 Å². The van der Waals surface area contributed by atoms with Gasteiger partial charge in [0.15, 0.2) is 0 Å². The highest BCUT2D eigenvalue weighted by Crippen LogP contribution is 2.24. The number of nitrogens with zero attached hydrogens (tertiary/aromatic N) is 1. The molecule has 0 radical (unpaired) electrons. The van der Waals surface area contributed by atoms with Crippen LogP contribution < -0.4 is 4.74 Å². The van der Waals surface area contributed by atoms with Crippen molar-refractivity contribution in [2.45, 2.75) is 33.5 Å². The largest absolute Gasteiger partial charge is 0.488 e. The molecular formula is C14H17NO2S. The molecule has 2 rings (SSSR count). The van der Waals surface area contributed by atoms with Crippen molar-refractivity contribution in [1.29, 1.82) is 0 Å². The summed E-state index contributed by atoms with van der Waals surface area (Å²) in [6.45, 7) is 6.27. The van der Waals surface area contributed by atoms with Crippen LogP contribution in [0, 0.1) is 13.8 Å². The van der Waals surface area contributed by atoms with Gasteiger partial charge in [0.05, 0.1) is 16.0 Å². The van der Waals surface area contributed by atoms with Crippen LogP contribution in [0.5, 0.6) is 5.75 Å². The van der Waals surface area contributed by atoms with Crippen molar-refractivity contribution in [2.24, 2.45) is 0 Å². The lowest BCUT2D eigenvalue weighted by atomic mass is 10.1. The van der Waals surface area contributed by atoms with E-state index in [0.29, 0.717) is 6.61 Å². The van der Waals surface area contributed by atoms with E-state index in [-0.39, 0.29) is 0 Å². The Kier molecular flexibility index (Phi) is 3.99. The minimum atomic E-state index is -0.443. The maximum Gasteiger partial charge on any atom is 0.124 e. The average molecular weight is 263 g/mol. The van der Waals surface area contributed by atoms with E-state index in [1.54, 1.807) is 18.3 Å². The van der Waals surface area contributed by atoms with Gasteiger partial charge in [0.1, 0.15) is 12.4 Å². The number of hydrogen-bond acceptors (Lipinski definition) is 4. The highest BCUT2D eigenvalue weighted by atomic mass is 32.1. The molecule has 0 spiro atoms. The summed E-state index contributed by atoms with van der Waals surface area (Å²) in [6, 6.07) is 5.76. The molecule has 1 atom stereocenters. The van der Waals surface area contributed by atoms with Crippen LogP contribution in [0.2, 0.25) is 0 Å². The van der Waals surface area contributed by atoms with Gasteiger partial charge >= 0.3 is 0 Å². The lowest BCUT2D eigenvalue weighted by Crippen LogP contribution is -1.97. The summed E-state index contributed by atoms with van der Waals surface area (Å²) in [5.74, 6) is 0.852. The topological polar surface area (TPSA) is 42.4 Å². The highest BCUT2D eigenvalue weighted by Gasteiger charge is 2.06. The summed E-state index contributed by atoms with van der Waals surface area (Å²) in [5, 5.41) is 10.6. The van der Waals surface area contributed by atoms with Gasteiger partial charge in [-0.2, -0.15) is 0 Å². The first-order chi connectivity index (χ1) is 8.56. The van der Waals surface area contributed by atoms with Gasteiger partial charge < -0.3 is 9.84 Å². The van der Waals surface area contributed by atoms with Crippen LogP contribution in [0.25, 0.3) is 0 Å². The average Bonchev–Trinajstić information content (AvgIpc) is 2.73. The van der Waals surface area contributed by atoms with Crippen molar-refractivity contribution in [3.63, 3.8) is 0 Å². The molecule has 0 fully saturated rings. The van der Waals surface area contributed by atoms with Crippen LogP contribution in [-0.2, 0) is 6.61 Å². The van der Waals surface area contributed by atoms with Crippen molar-refractivity contribution in [3.05, 3.63) is 45.4 Å². The van der Waals surface area contributed by atoms with E-state index in [2.05, 4.69) is 4.98 Å². The van der Waals surface area contributed by atoms with Crippen LogP contribution in [0.15, 0.2) is 24.4 Å². The first-order valence-electron chi connectivity index (χ1n) is 5.89. The minimum Gasteiger partial charge on any atom is -0.488 e. The number of hydrogen-bond donors (Lipinski definition) is 1. The van der Waals surface area contributed by atoms with E-state index in [9.17, 15) is 5.11 Å². The fraction of sp³-hybridized carbons (Fsp3) is 0.357. The summed E-state index contributed by atoms with van der Waals surface area (Å²) in [4.78, 5) is 5.31. The number of rotatable bonds is 4. The Balaban J connectivity index is 2.05. The zero-order valence-corrected chi connectivity index (χ0v) is 11.6. The van der Waals surface area contributed by atoms with Crippen LogP contribution in [0.3, 0.4) is 0 Å². The molecule has 1 aromatic heterocycles. The predicted octanol–water partition coefficient (Wildman–Crippen LogP) is 3.39. The van der Waals surface area contributed by atoms with Gasteiger partial charge in [0, 0.05) is 6.20 Å². The number of aliphatic hydroxyl groups excluding tert-OH is 1. The molecule has 1 aromatic carbocycles. The van der Waals surface area contributed by atoms with Gasteiger partial charge in [-0.3, -0.25) is 0 Å². The molecule has 2 aromatic rings. The van der Waals surface area contributed by atoms with Crippen molar-refractivity contribution < 1.29 is 9.84 Å². The van der Waals surface area contributed by atoms with E-state index in [4.69, 9.17) is 4.74 Å². The molecule has 0 aliphatic rings. The Morgan fingerprint density at radius 3 is 2.72 bits per heavy atom. The van der Waals surface area contributed by atoms with Gasteiger partial charge in [-0.1, -0.05) is 6.07 Å². The molecular weight excluding hydrogens is 246 g/mol. The first-order valence-corrected chi connectivity index (χ1v) is 6.70. The Labute approximate surface area is 111 Å². The number of benzene rings is 1. The molecule has 0 unspecified atom stereocenters. The second-order valence-corrected chi connectivity index (χ2v) is 5.65. The lowest BCUT2D eigenvalue weighted by molar-refractivity contribution is 0.199. The fourth-order valence-corrected chi connectivity index (χ4v) is 2.42. The summed E-state index contributed by atoms with van der Waals surface area (Å²) in [6.07, 6.45) is 1.40. The first kappa shape index (κ1) is 13.1. The van der Waals surface area contributed by atoms with E-state index >= 15 is 0 Å². The van der Waals surface area contributed by atoms with Gasteiger partial charge in [-0.25, -0.2) is 4.98 Å². The monoisotopic (exact) mass is 263 g/mol. The molecule has 0 amide bonds. The maximum atomic E-state index is 9.50. The Hall–Kier alpha value is -1.39. The van der Waals surface area contributed by atoms with E-state index in [0.717, 1.165) is 26.8 Å². The highest BCUT2D eigenvalue weighted by molar-refractivity contribution is 7.11. The molecule has 4 heteroatoms. The van der Waals surface area contributed by atoms with E-state index in [1.165, 1.54) is 0 Å². The smallest absolute Gasteiger partial charge is 0.124 e. The zero-order valence-electron chi connectivity index (χ0n) is 10.8. The maximum absolute atomic E-state index is 9.50. The zero-order chi connectivity index (χ0) is 13.1. The second-order valence-electron chi connectivity index (χ2n) is 4.34. The van der Waals surface area contributed by atoms with Crippen LogP contribution in [0.1, 0.15) is 34.0 Å². The fourth-order valence-electron chi connectivity index (χ4n) is 1.72. The number of ether oxygens (including phenoxy) is 1. The number of aryl methyl sites for hydroxylation is 2. The summed E-state index contributed by atoms with van der Waals surface area (Å²) in [7, 11) is 0. The standard InChI is InChI=1S/C14H17NO2S/c1-9-6-12(10(2)16)4-5-14(9)17-8-13-7-15-11(3)18-13/h4-7,10,16H,8H2,1-3H3/t10-/m1/s1. The summed E-state index contributed by atoms with van der Waals surface area (Å²) >= 11 is 1.64. The molecule has 0 saturated heterocycles. The van der Waals surface area contributed by atoms with Gasteiger partial charge in [0.25, 0.3) is 0 Å². The third kappa shape index (κ3) is 3.09. The third-order valence-electron chi connectivity index (χ3n) is 2.72. The SMILES string of the molecule is Cc1ncc(COc2ccc([C@@H](C)O)cc2C)s1. The quantitative estimate of drug-likeness (QED) is 0.919. The lowest BCUT2D eigenvalue weighted by Gasteiger charge is -2.11. The van der Waals surface area contributed by atoms with Crippen LogP contribution in [-0.4, -0.2) is 10.1 Å². The van der Waals surface area contributed by atoms with Gasteiger partial charge in [0.2, 0.25) is 0 Å². The van der Waals surface area contributed by atoms with Crippen molar-refractivity contribution in [3.8, 4) is 5.75 Å². The van der Waals surface area contributed by atoms with Crippen molar-refractivity contribution in [1.82, 2.24) is 4.98 Å². The molecule has 0 saturated carbocycles. The molecule has 3 nitrogen and oxygen atoms in total. The Bertz CT molecular complexity index is 534. The third-order valence-corrected chi connectivity index (χ3v) is 3.61. The van der Waals surface area contributed by atoms with Crippen LogP contribution >= 0.6 is 11.3 Å². The van der Waals surface area contributed by atoms with Gasteiger partial charge in [-0.05, 0) is 44.0 Å². The number of aromatic nitrogens is 1. The molecule has 0 aliphatic heterocycles. The molecule has 18 heavy (non-hydrogen) atoms. The van der Waals surface area contributed by atoms with Crippen LogP contribution in [0.4, 0.5) is 0 Å². The predicted molar refractivity (Wildman–Crippen MR) is 73.0 cm³/mol. The summed E-state index contributed by atoms with van der Waals surface area (Å²) in [5.41, 5.74) is 1.95. The normalized spacial score (nSPS) is 12.4. The van der Waals surface area contributed by atoms with Crippen molar-refractivity contribution in [2.75, 3.05) is 0 Å².